The average Bonchev–Trinajstić information content (AvgIpc) is 2.97. The van der Waals surface area contributed by atoms with Gasteiger partial charge >= 0.3 is 0 Å². The zero-order chi connectivity index (χ0) is 22.2. The van der Waals surface area contributed by atoms with Crippen LogP contribution < -0.4 is 10.6 Å². The number of carbonyl (C=O) groups excluding carboxylic acids is 2. The Kier molecular flexibility index (Phi) is 4.56. The van der Waals surface area contributed by atoms with Crippen LogP contribution >= 0.6 is 0 Å². The van der Waals surface area contributed by atoms with E-state index in [1.807, 2.05) is 18.2 Å². The largest absolute Gasteiger partial charge is 0.329 e. The molecule has 0 heterocycles. The molecular formula is C29H38N2O2. The monoisotopic (exact) mass is 446 g/mol. The first-order chi connectivity index (χ1) is 16.0. The number of hydrogen-bond donors (Lipinski definition) is 2. The highest BCUT2D eigenvalue weighted by molar-refractivity contribution is 5.86. The maximum atomic E-state index is 13.4. The molecule has 9 rings (SSSR count). The molecule has 0 aliphatic heterocycles. The van der Waals surface area contributed by atoms with Crippen LogP contribution in [0.2, 0.25) is 0 Å². The van der Waals surface area contributed by atoms with Crippen LogP contribution in [0, 0.1) is 46.3 Å². The number of nitrogens with one attached hydrogen (secondary N) is 2. The molecule has 8 bridgehead atoms. The Balaban J connectivity index is 1.00. The lowest BCUT2D eigenvalue weighted by atomic mass is 9.49. The molecule has 0 radical (unpaired) electrons. The van der Waals surface area contributed by atoms with Crippen LogP contribution in [0.25, 0.3) is 0 Å². The van der Waals surface area contributed by atoms with Crippen LogP contribution in [0.5, 0.6) is 0 Å². The second-order valence-electron chi connectivity index (χ2n) is 13.2. The van der Waals surface area contributed by atoms with Gasteiger partial charge in [-0.3, -0.25) is 9.59 Å². The third kappa shape index (κ3) is 3.46. The van der Waals surface area contributed by atoms with Crippen molar-refractivity contribution in [1.29, 1.82) is 0 Å². The van der Waals surface area contributed by atoms with Crippen LogP contribution in [-0.2, 0) is 9.59 Å². The highest BCUT2D eigenvalue weighted by Crippen LogP contribution is 2.61. The number of rotatable bonds is 4. The van der Waals surface area contributed by atoms with Crippen molar-refractivity contribution in [2.45, 2.75) is 83.5 Å². The molecule has 0 atom stereocenters. The summed E-state index contributed by atoms with van der Waals surface area (Å²) in [6.07, 6.45) is 23.5. The van der Waals surface area contributed by atoms with Gasteiger partial charge in [0.25, 0.3) is 0 Å². The molecule has 9 aliphatic carbocycles. The van der Waals surface area contributed by atoms with Crippen LogP contribution in [0.15, 0.2) is 35.7 Å². The molecule has 4 nitrogen and oxygen atoms in total. The summed E-state index contributed by atoms with van der Waals surface area (Å²) in [5, 5.41) is 6.60. The number of hydrogen-bond acceptors (Lipinski definition) is 2. The van der Waals surface area contributed by atoms with E-state index in [1.54, 1.807) is 0 Å². The molecule has 0 aromatic heterocycles. The molecule has 2 N–H and O–H groups in total. The predicted octanol–water partition coefficient (Wildman–Crippen LogP) is 5.38. The van der Waals surface area contributed by atoms with E-state index in [4.69, 9.17) is 0 Å². The number of allylic oxidation sites excluding steroid dienone is 4. The van der Waals surface area contributed by atoms with E-state index in [-0.39, 0.29) is 22.6 Å². The molecule has 8 fully saturated rings. The van der Waals surface area contributed by atoms with Crippen molar-refractivity contribution in [2.75, 3.05) is 0 Å². The van der Waals surface area contributed by atoms with Crippen LogP contribution in [-0.4, -0.2) is 11.8 Å². The minimum absolute atomic E-state index is 0.120. The van der Waals surface area contributed by atoms with Gasteiger partial charge in [0, 0.05) is 17.8 Å². The molecule has 176 valence electrons. The van der Waals surface area contributed by atoms with E-state index < -0.39 is 0 Å². The molecule has 0 unspecified atom stereocenters. The summed E-state index contributed by atoms with van der Waals surface area (Å²) in [4.78, 5) is 26.9. The molecule has 0 aromatic rings. The van der Waals surface area contributed by atoms with Crippen molar-refractivity contribution in [2.24, 2.45) is 46.3 Å². The summed E-state index contributed by atoms with van der Waals surface area (Å²) in [6.45, 7) is 0. The van der Waals surface area contributed by atoms with Crippen molar-refractivity contribution in [3.05, 3.63) is 35.7 Å². The smallest absolute Gasteiger partial charge is 0.230 e. The lowest BCUT2D eigenvalue weighted by molar-refractivity contribution is -0.146. The number of carbonyl (C=O) groups is 2. The standard InChI is InChI=1S/C29H38N2O2/c32-26(28-12-18-6-19(13-28)8-20(7-18)14-28)30-24-2-1-3-25(5-4-24)31-27(33)29-15-21-9-22(16-29)11-23(10-21)17-29/h1-4,18-23H,5-17H2,(H,30,32)(H,31,33). The van der Waals surface area contributed by atoms with E-state index in [9.17, 15) is 9.59 Å². The maximum absolute atomic E-state index is 13.4. The van der Waals surface area contributed by atoms with Gasteiger partial charge in [-0.2, -0.15) is 0 Å². The topological polar surface area (TPSA) is 58.2 Å². The van der Waals surface area contributed by atoms with E-state index >= 15 is 0 Å². The summed E-state index contributed by atoms with van der Waals surface area (Å²) in [6, 6.07) is 0. The van der Waals surface area contributed by atoms with Gasteiger partial charge in [0.1, 0.15) is 0 Å². The molecule has 33 heavy (non-hydrogen) atoms. The van der Waals surface area contributed by atoms with Gasteiger partial charge in [0.15, 0.2) is 0 Å². The normalized spacial score (nSPS) is 46.5. The third-order valence-electron chi connectivity index (χ3n) is 10.7. The molecule has 0 aromatic carbocycles. The lowest BCUT2D eigenvalue weighted by Crippen LogP contribution is -2.53. The molecule has 8 saturated carbocycles. The van der Waals surface area contributed by atoms with Crippen molar-refractivity contribution >= 4 is 11.8 Å². The van der Waals surface area contributed by atoms with Crippen LogP contribution in [0.4, 0.5) is 0 Å². The second kappa shape index (κ2) is 7.33. The first-order valence-electron chi connectivity index (χ1n) is 13.7. The molecule has 0 saturated heterocycles. The van der Waals surface area contributed by atoms with E-state index in [1.165, 1.54) is 38.5 Å². The SMILES string of the molecule is O=C(NC1=CCC(NC(=O)C23CC4CC(CC(C4)C2)C3)=CC=C1)C12CC3CC(CC(C3)C1)C2. The Morgan fingerprint density at radius 1 is 0.667 bits per heavy atom. The summed E-state index contributed by atoms with van der Waals surface area (Å²) in [5.74, 6) is 5.15. The quantitative estimate of drug-likeness (QED) is 0.609. The molecule has 4 heteroatoms. The van der Waals surface area contributed by atoms with E-state index in [2.05, 4.69) is 16.7 Å². The molecule has 2 amide bonds. The Hall–Kier alpha value is -1.84. The van der Waals surface area contributed by atoms with Crippen molar-refractivity contribution < 1.29 is 9.59 Å². The van der Waals surface area contributed by atoms with Gasteiger partial charge in [0.05, 0.1) is 10.8 Å². The molecule has 0 spiro atoms. The summed E-state index contributed by atoms with van der Waals surface area (Å²) in [7, 11) is 0. The van der Waals surface area contributed by atoms with Crippen molar-refractivity contribution in [3.63, 3.8) is 0 Å². The molecular weight excluding hydrogens is 408 g/mol. The fraction of sp³-hybridized carbons (Fsp3) is 0.724. The van der Waals surface area contributed by atoms with E-state index in [0.29, 0.717) is 6.42 Å². The van der Waals surface area contributed by atoms with Crippen LogP contribution in [0.1, 0.15) is 83.5 Å². The summed E-state index contributed by atoms with van der Waals surface area (Å²) in [5.41, 5.74) is 1.61. The fourth-order valence-corrected chi connectivity index (χ4v) is 10.1. The van der Waals surface area contributed by atoms with Gasteiger partial charge in [-0.15, -0.1) is 0 Å². The summed E-state index contributed by atoms with van der Waals surface area (Å²) >= 11 is 0. The Bertz CT molecular complexity index is 900. The highest BCUT2D eigenvalue weighted by atomic mass is 16.2. The average molecular weight is 447 g/mol. The Morgan fingerprint density at radius 2 is 1.09 bits per heavy atom. The van der Waals surface area contributed by atoms with Gasteiger partial charge in [-0.05, 0) is 125 Å². The number of amides is 2. The Labute approximate surface area is 197 Å². The summed E-state index contributed by atoms with van der Waals surface area (Å²) < 4.78 is 0. The van der Waals surface area contributed by atoms with Crippen molar-refractivity contribution in [3.8, 4) is 0 Å². The van der Waals surface area contributed by atoms with Gasteiger partial charge in [-0.1, -0.05) is 12.2 Å². The maximum Gasteiger partial charge on any atom is 0.230 e. The Morgan fingerprint density at radius 3 is 1.55 bits per heavy atom. The predicted molar refractivity (Wildman–Crippen MR) is 127 cm³/mol. The first kappa shape index (κ1) is 20.5. The minimum Gasteiger partial charge on any atom is -0.329 e. The van der Waals surface area contributed by atoms with Crippen LogP contribution in [0.3, 0.4) is 0 Å². The van der Waals surface area contributed by atoms with Gasteiger partial charge in [-0.25, -0.2) is 0 Å². The van der Waals surface area contributed by atoms with E-state index in [0.717, 1.165) is 85.4 Å². The molecule has 9 aliphatic rings. The lowest BCUT2D eigenvalue weighted by Gasteiger charge is -2.55. The minimum atomic E-state index is -0.126. The zero-order valence-corrected chi connectivity index (χ0v) is 19.8. The van der Waals surface area contributed by atoms with Gasteiger partial charge in [0.2, 0.25) is 11.8 Å². The van der Waals surface area contributed by atoms with Crippen molar-refractivity contribution in [1.82, 2.24) is 10.6 Å². The zero-order valence-electron chi connectivity index (χ0n) is 19.8. The highest BCUT2D eigenvalue weighted by Gasteiger charge is 2.55. The first-order valence-corrected chi connectivity index (χ1v) is 13.7. The third-order valence-corrected chi connectivity index (χ3v) is 10.7. The second-order valence-corrected chi connectivity index (χ2v) is 13.2. The van der Waals surface area contributed by atoms with Gasteiger partial charge < -0.3 is 10.6 Å². The fourth-order valence-electron chi connectivity index (χ4n) is 10.1.